The maximum absolute atomic E-state index is 13.2. The van der Waals surface area contributed by atoms with Crippen LogP contribution in [0.5, 0.6) is 0 Å². The summed E-state index contributed by atoms with van der Waals surface area (Å²) in [6.07, 6.45) is 11.2. The first-order valence-corrected chi connectivity index (χ1v) is 14.1. The van der Waals surface area contributed by atoms with Crippen molar-refractivity contribution in [2.24, 2.45) is 61.3 Å². The van der Waals surface area contributed by atoms with E-state index in [0.717, 1.165) is 18.9 Å². The molecule has 0 unspecified atom stereocenters. The van der Waals surface area contributed by atoms with Crippen LogP contribution in [0.15, 0.2) is 5.16 Å². The summed E-state index contributed by atoms with van der Waals surface area (Å²) < 4.78 is 6.69. The van der Waals surface area contributed by atoms with Crippen molar-refractivity contribution in [2.45, 2.75) is 112 Å². The summed E-state index contributed by atoms with van der Waals surface area (Å²) in [5.74, 6) is 2.43. The van der Waals surface area contributed by atoms with Crippen LogP contribution in [-0.4, -0.2) is 29.4 Å². The fourth-order valence-corrected chi connectivity index (χ4v) is 11.8. The maximum atomic E-state index is 13.2. The normalized spacial score (nSPS) is 56.3. The molecular formula is C30H47NO3. The van der Waals surface area contributed by atoms with Crippen molar-refractivity contribution < 1.29 is 14.7 Å². The lowest BCUT2D eigenvalue weighted by Gasteiger charge is -2.72. The standard InChI is InChI=1S/C30H47NO3/c1-25(2)12-14-30-15-13-28(6)18(22(30)24(25)34-17-30)8-9-21-27(5)16-19(31-33)23(32)26(3,4)20(27)10-11-29(21,28)7/h18,20-22,24,33H,8-17H2,1-7H3/b31-19+/t18-,20+,21-,22+,24-,27+,28-,29-,30-/m1/s1. The fraction of sp³-hybridized carbons (Fsp3) is 0.933. The van der Waals surface area contributed by atoms with E-state index >= 15 is 0 Å². The lowest BCUT2D eigenvalue weighted by atomic mass is 9.31. The van der Waals surface area contributed by atoms with Gasteiger partial charge in [-0.05, 0) is 102 Å². The van der Waals surface area contributed by atoms with Crippen LogP contribution in [0.3, 0.4) is 0 Å². The van der Waals surface area contributed by atoms with E-state index in [1.807, 2.05) is 0 Å². The minimum absolute atomic E-state index is 0.0103. The van der Waals surface area contributed by atoms with Crippen molar-refractivity contribution in [3.8, 4) is 0 Å². The third-order valence-corrected chi connectivity index (χ3v) is 13.8. The first-order chi connectivity index (χ1) is 15.8. The molecule has 2 bridgehead atoms. The van der Waals surface area contributed by atoms with Crippen molar-refractivity contribution in [3.63, 3.8) is 0 Å². The molecule has 0 radical (unpaired) electrons. The van der Waals surface area contributed by atoms with Crippen molar-refractivity contribution in [3.05, 3.63) is 0 Å². The average Bonchev–Trinajstić information content (AvgIpc) is 3.10. The zero-order chi connectivity index (χ0) is 24.5. The largest absolute Gasteiger partial charge is 0.411 e. The molecule has 4 nitrogen and oxygen atoms in total. The van der Waals surface area contributed by atoms with Crippen LogP contribution in [0.1, 0.15) is 106 Å². The molecule has 0 aromatic carbocycles. The van der Waals surface area contributed by atoms with Gasteiger partial charge < -0.3 is 9.94 Å². The van der Waals surface area contributed by atoms with Crippen molar-refractivity contribution in [1.82, 2.24) is 0 Å². The highest BCUT2D eigenvalue weighted by molar-refractivity contribution is 6.42. The number of carbonyl (C=O) groups excluding carboxylic acids is 1. The Labute approximate surface area is 206 Å². The summed E-state index contributed by atoms with van der Waals surface area (Å²) in [5.41, 5.74) is 1.24. The highest BCUT2D eigenvalue weighted by Crippen LogP contribution is 2.77. The third kappa shape index (κ3) is 2.50. The van der Waals surface area contributed by atoms with Gasteiger partial charge in [-0.25, -0.2) is 0 Å². The number of oxime groups is 1. The Hall–Kier alpha value is -0.900. The van der Waals surface area contributed by atoms with Crippen LogP contribution in [0.25, 0.3) is 0 Å². The van der Waals surface area contributed by atoms with Crippen LogP contribution in [0, 0.1) is 56.2 Å². The van der Waals surface area contributed by atoms with Gasteiger partial charge in [0, 0.05) is 11.8 Å². The van der Waals surface area contributed by atoms with E-state index in [2.05, 4.69) is 53.6 Å². The number of rotatable bonds is 0. The molecule has 6 fully saturated rings. The van der Waals surface area contributed by atoms with Gasteiger partial charge in [0.1, 0.15) is 5.71 Å². The molecule has 5 aliphatic carbocycles. The first kappa shape index (κ1) is 23.5. The van der Waals surface area contributed by atoms with Crippen LogP contribution in [-0.2, 0) is 9.53 Å². The predicted octanol–water partition coefficient (Wildman–Crippen LogP) is 6.89. The lowest BCUT2D eigenvalue weighted by Crippen LogP contribution is -2.68. The van der Waals surface area contributed by atoms with Gasteiger partial charge in [0.2, 0.25) is 0 Å². The summed E-state index contributed by atoms with van der Waals surface area (Å²) in [5, 5.41) is 13.4. The molecule has 0 amide bonds. The second kappa shape index (κ2) is 6.69. The van der Waals surface area contributed by atoms with Gasteiger partial charge in [0.05, 0.1) is 12.7 Å². The van der Waals surface area contributed by atoms with E-state index in [1.54, 1.807) is 0 Å². The molecule has 1 N–H and O–H groups in total. The Balaban J connectivity index is 1.42. The molecule has 1 heterocycles. The van der Waals surface area contributed by atoms with E-state index < -0.39 is 5.41 Å². The summed E-state index contributed by atoms with van der Waals surface area (Å²) in [4.78, 5) is 13.2. The Morgan fingerprint density at radius 2 is 1.56 bits per heavy atom. The Bertz CT molecular complexity index is 953. The van der Waals surface area contributed by atoms with E-state index in [9.17, 15) is 10.0 Å². The zero-order valence-electron chi connectivity index (χ0n) is 22.7. The van der Waals surface area contributed by atoms with Gasteiger partial charge in [-0.1, -0.05) is 53.6 Å². The number of ether oxygens (including phenoxy) is 1. The topological polar surface area (TPSA) is 58.9 Å². The van der Waals surface area contributed by atoms with Gasteiger partial charge in [0.15, 0.2) is 5.78 Å². The molecule has 6 rings (SSSR count). The number of hydrogen-bond donors (Lipinski definition) is 1. The van der Waals surface area contributed by atoms with Crippen molar-refractivity contribution in [1.29, 1.82) is 0 Å². The number of ketones is 1. The predicted molar refractivity (Wildman–Crippen MR) is 134 cm³/mol. The molecule has 1 aliphatic heterocycles. The molecule has 0 aromatic rings. The monoisotopic (exact) mass is 469 g/mol. The maximum Gasteiger partial charge on any atom is 0.186 e. The SMILES string of the molecule is CC1(C)CC[C@]23CC[C@]4(C)[C@H](CC[C@@H]5[C@@]6(C)C/C(=N\O)C(=O)C(C)(C)[C@@H]6CC[C@]54C)[C@H]2[C@H]1OC3. The fourth-order valence-electron chi connectivity index (χ4n) is 11.8. The molecule has 190 valence electrons. The lowest BCUT2D eigenvalue weighted by molar-refractivity contribution is -0.234. The quantitative estimate of drug-likeness (QED) is 0.310. The molecule has 4 heteroatoms. The summed E-state index contributed by atoms with van der Waals surface area (Å²) in [6, 6.07) is 0. The summed E-state index contributed by atoms with van der Waals surface area (Å²) in [6.45, 7) is 17.9. The van der Waals surface area contributed by atoms with E-state index in [4.69, 9.17) is 4.74 Å². The smallest absolute Gasteiger partial charge is 0.186 e. The molecule has 6 aliphatic rings. The average molecular weight is 470 g/mol. The van der Waals surface area contributed by atoms with Crippen LogP contribution in [0.2, 0.25) is 0 Å². The number of fused-ring (bicyclic) bond motifs is 5. The number of Topliss-reactive ketones (excluding diaryl/α,β-unsaturated/α-hetero) is 1. The highest BCUT2D eigenvalue weighted by atomic mass is 16.5. The van der Waals surface area contributed by atoms with Gasteiger partial charge >= 0.3 is 0 Å². The van der Waals surface area contributed by atoms with Gasteiger partial charge in [-0.2, -0.15) is 0 Å². The van der Waals surface area contributed by atoms with Crippen LogP contribution in [0.4, 0.5) is 0 Å². The van der Waals surface area contributed by atoms with Crippen molar-refractivity contribution in [2.75, 3.05) is 6.61 Å². The Kier molecular flexibility index (Phi) is 4.63. The van der Waals surface area contributed by atoms with Gasteiger partial charge in [0.25, 0.3) is 0 Å². The molecule has 34 heavy (non-hydrogen) atoms. The van der Waals surface area contributed by atoms with Gasteiger partial charge in [-0.15, -0.1) is 0 Å². The van der Waals surface area contributed by atoms with E-state index in [0.29, 0.717) is 46.8 Å². The molecule has 0 spiro atoms. The number of nitrogens with zero attached hydrogens (tertiary/aromatic N) is 1. The molecule has 9 atom stereocenters. The van der Waals surface area contributed by atoms with Crippen LogP contribution < -0.4 is 0 Å². The van der Waals surface area contributed by atoms with Crippen molar-refractivity contribution >= 4 is 11.5 Å². The second-order valence-corrected chi connectivity index (χ2v) is 15.6. The highest BCUT2D eigenvalue weighted by Gasteiger charge is 2.73. The van der Waals surface area contributed by atoms with Gasteiger partial charge in [-0.3, -0.25) is 4.79 Å². The minimum atomic E-state index is -0.454. The second-order valence-electron chi connectivity index (χ2n) is 15.6. The number of hydrogen-bond acceptors (Lipinski definition) is 4. The third-order valence-electron chi connectivity index (χ3n) is 13.8. The number of carbonyl (C=O) groups is 1. The minimum Gasteiger partial charge on any atom is -0.411 e. The molecule has 0 aromatic heterocycles. The van der Waals surface area contributed by atoms with E-state index in [1.165, 1.54) is 44.9 Å². The van der Waals surface area contributed by atoms with E-state index in [-0.39, 0.29) is 22.0 Å². The first-order valence-electron chi connectivity index (χ1n) is 14.1. The van der Waals surface area contributed by atoms with Crippen LogP contribution >= 0.6 is 0 Å². The molecule has 1 saturated heterocycles. The summed E-state index contributed by atoms with van der Waals surface area (Å²) in [7, 11) is 0. The Morgan fingerprint density at radius 3 is 2.26 bits per heavy atom. The Morgan fingerprint density at radius 1 is 0.853 bits per heavy atom. The summed E-state index contributed by atoms with van der Waals surface area (Å²) >= 11 is 0. The molecular weight excluding hydrogens is 422 g/mol. The molecule has 5 saturated carbocycles. The zero-order valence-corrected chi connectivity index (χ0v) is 22.7.